The van der Waals surface area contributed by atoms with E-state index in [0.29, 0.717) is 22.7 Å². The van der Waals surface area contributed by atoms with E-state index >= 15 is 0 Å². The minimum Gasteiger partial charge on any atom is -0.494 e. The molecule has 0 aliphatic heterocycles. The van der Waals surface area contributed by atoms with Gasteiger partial charge in [0.2, 0.25) is 10.0 Å². The number of aromatic nitrogens is 1. The molecule has 0 atom stereocenters. The van der Waals surface area contributed by atoms with Gasteiger partial charge in [0.05, 0.1) is 28.3 Å². The molecule has 196 valence electrons. The molecule has 0 fully saturated rings. The third-order valence-corrected chi connectivity index (χ3v) is 8.05. The van der Waals surface area contributed by atoms with E-state index in [0.717, 1.165) is 4.70 Å². The molecule has 3 rings (SSSR count). The Morgan fingerprint density at radius 2 is 1.73 bits per heavy atom. The number of rotatable bonds is 12. The molecule has 2 aromatic carbocycles. The molecule has 0 radical (unpaired) electrons. The minimum atomic E-state index is -3.80. The molecule has 0 N–H and O–H groups in total. The summed E-state index contributed by atoms with van der Waals surface area (Å²) in [5, 5.41) is 0. The lowest BCUT2D eigenvalue weighted by Gasteiger charge is -2.19. The van der Waals surface area contributed by atoms with Crippen LogP contribution in [0, 0.1) is 0 Å². The summed E-state index contributed by atoms with van der Waals surface area (Å²) in [7, 11) is -3.80. The number of esters is 1. The Bertz CT molecular complexity index is 1460. The lowest BCUT2D eigenvalue weighted by molar-refractivity contribution is -0.143. The number of nitrogens with zero attached hydrogens (tertiary/aromatic N) is 3. The van der Waals surface area contributed by atoms with Gasteiger partial charge in [-0.25, -0.2) is 8.42 Å². The fourth-order valence-electron chi connectivity index (χ4n) is 3.51. The molecule has 9 nitrogen and oxygen atoms in total. The number of ether oxygens (including phenoxy) is 2. The van der Waals surface area contributed by atoms with Gasteiger partial charge in [0.25, 0.3) is 5.91 Å². The average molecular weight is 544 g/mol. The molecule has 0 aliphatic carbocycles. The first kappa shape index (κ1) is 28.0. The summed E-state index contributed by atoms with van der Waals surface area (Å²) in [5.74, 6) is -0.369. The predicted molar refractivity (Wildman–Crippen MR) is 143 cm³/mol. The van der Waals surface area contributed by atoms with Crippen LogP contribution in [0.1, 0.15) is 24.2 Å². The van der Waals surface area contributed by atoms with Crippen LogP contribution in [0.3, 0.4) is 0 Å². The molecule has 0 saturated carbocycles. The van der Waals surface area contributed by atoms with Gasteiger partial charge >= 0.3 is 5.97 Å². The van der Waals surface area contributed by atoms with Crippen LogP contribution in [0.5, 0.6) is 5.75 Å². The molecule has 37 heavy (non-hydrogen) atoms. The Labute approximate surface area is 220 Å². The fraction of sp³-hybridized carbons (Fsp3) is 0.269. The zero-order valence-corrected chi connectivity index (χ0v) is 22.4. The third-order valence-electron chi connectivity index (χ3n) is 5.16. The van der Waals surface area contributed by atoms with Gasteiger partial charge in [-0.3, -0.25) is 9.59 Å². The van der Waals surface area contributed by atoms with Crippen molar-refractivity contribution in [3.05, 3.63) is 78.1 Å². The van der Waals surface area contributed by atoms with Crippen LogP contribution in [0.4, 0.5) is 0 Å². The quantitative estimate of drug-likeness (QED) is 0.254. The van der Waals surface area contributed by atoms with Gasteiger partial charge in [-0.2, -0.15) is 9.30 Å². The molecule has 1 amide bonds. The highest BCUT2D eigenvalue weighted by atomic mass is 32.2. The van der Waals surface area contributed by atoms with Gasteiger partial charge < -0.3 is 14.0 Å². The van der Waals surface area contributed by atoms with Crippen LogP contribution in [0.2, 0.25) is 0 Å². The number of benzene rings is 2. The van der Waals surface area contributed by atoms with Crippen LogP contribution in [0.25, 0.3) is 10.2 Å². The fourth-order valence-corrected chi connectivity index (χ4v) is 5.95. The standard InChI is InChI=1S/C26H29N3O6S2/c1-5-15-28(16-6-2)37(32,33)21-12-9-19(10-13-21)25(31)27-26-29(18-24(30)35-8-4)22-14-11-20(34-7-3)17-23(22)36-26/h5-6,9-14,17H,1-2,7-8,15-16,18H2,3-4H3. The summed E-state index contributed by atoms with van der Waals surface area (Å²) in [6.45, 7) is 11.7. The van der Waals surface area contributed by atoms with E-state index < -0.39 is 21.9 Å². The van der Waals surface area contributed by atoms with Gasteiger partial charge in [0.1, 0.15) is 12.3 Å². The van der Waals surface area contributed by atoms with Crippen LogP contribution in [0.15, 0.2) is 77.7 Å². The van der Waals surface area contributed by atoms with Crippen LogP contribution >= 0.6 is 11.3 Å². The second-order valence-electron chi connectivity index (χ2n) is 7.68. The molecule has 1 heterocycles. The minimum absolute atomic E-state index is 0.0374. The van der Waals surface area contributed by atoms with Crippen LogP contribution < -0.4 is 9.54 Å². The van der Waals surface area contributed by atoms with E-state index in [4.69, 9.17) is 9.47 Å². The maximum Gasteiger partial charge on any atom is 0.326 e. The molecule has 0 saturated heterocycles. The lowest BCUT2D eigenvalue weighted by Crippen LogP contribution is -2.31. The van der Waals surface area contributed by atoms with E-state index in [1.54, 1.807) is 23.6 Å². The number of hydrogen-bond donors (Lipinski definition) is 0. The van der Waals surface area contributed by atoms with Crippen molar-refractivity contribution in [2.24, 2.45) is 4.99 Å². The Morgan fingerprint density at radius 1 is 1.05 bits per heavy atom. The zero-order chi connectivity index (χ0) is 27.0. The number of thiazole rings is 1. The van der Waals surface area contributed by atoms with Gasteiger partial charge in [-0.05, 0) is 56.3 Å². The third kappa shape index (κ3) is 6.62. The molecule has 11 heteroatoms. The highest BCUT2D eigenvalue weighted by Gasteiger charge is 2.23. The first-order valence-corrected chi connectivity index (χ1v) is 13.8. The summed E-state index contributed by atoms with van der Waals surface area (Å²) < 4.78 is 40.1. The van der Waals surface area contributed by atoms with Crippen molar-refractivity contribution in [1.82, 2.24) is 8.87 Å². The highest BCUT2D eigenvalue weighted by molar-refractivity contribution is 7.89. The second-order valence-corrected chi connectivity index (χ2v) is 10.6. The highest BCUT2D eigenvalue weighted by Crippen LogP contribution is 2.24. The first-order valence-electron chi connectivity index (χ1n) is 11.6. The summed E-state index contributed by atoms with van der Waals surface area (Å²) in [6.07, 6.45) is 2.98. The molecule has 3 aromatic rings. The zero-order valence-electron chi connectivity index (χ0n) is 20.8. The smallest absolute Gasteiger partial charge is 0.326 e. The Balaban J connectivity index is 1.99. The molecule has 0 unspecified atom stereocenters. The average Bonchev–Trinajstić information content (AvgIpc) is 3.20. The first-order chi connectivity index (χ1) is 17.7. The van der Waals surface area contributed by atoms with Crippen LogP contribution in [-0.4, -0.2) is 55.5 Å². The topological polar surface area (TPSA) is 107 Å². The van der Waals surface area contributed by atoms with E-state index in [1.807, 2.05) is 13.0 Å². The van der Waals surface area contributed by atoms with E-state index in [1.165, 1.54) is 52.1 Å². The van der Waals surface area contributed by atoms with Crippen molar-refractivity contribution < 1.29 is 27.5 Å². The Morgan fingerprint density at radius 3 is 2.32 bits per heavy atom. The van der Waals surface area contributed by atoms with E-state index in [2.05, 4.69) is 18.2 Å². The number of hydrogen-bond acceptors (Lipinski definition) is 7. The number of amides is 1. The summed E-state index contributed by atoms with van der Waals surface area (Å²) in [5.41, 5.74) is 0.909. The lowest BCUT2D eigenvalue weighted by atomic mass is 10.2. The SMILES string of the molecule is C=CCN(CC=C)S(=O)(=O)c1ccc(C(=O)N=c2sc3cc(OCC)ccc3n2CC(=O)OCC)cc1. The van der Waals surface area contributed by atoms with Crippen molar-refractivity contribution in [3.63, 3.8) is 0 Å². The summed E-state index contributed by atoms with van der Waals surface area (Å²) in [4.78, 5) is 29.9. The molecule has 1 aromatic heterocycles. The summed E-state index contributed by atoms with van der Waals surface area (Å²) >= 11 is 1.24. The number of carbonyl (C=O) groups is 2. The molecule has 0 bridgehead atoms. The Kier molecular flexibility index (Phi) is 9.56. The maximum atomic E-state index is 13.0. The van der Waals surface area contributed by atoms with Crippen molar-refractivity contribution >= 4 is 43.5 Å². The van der Waals surface area contributed by atoms with Crippen molar-refractivity contribution in [2.45, 2.75) is 25.3 Å². The van der Waals surface area contributed by atoms with Crippen LogP contribution in [-0.2, 0) is 26.1 Å². The van der Waals surface area contributed by atoms with Crippen molar-refractivity contribution in [3.8, 4) is 5.75 Å². The maximum absolute atomic E-state index is 13.0. The predicted octanol–water partition coefficient (Wildman–Crippen LogP) is 3.77. The normalized spacial score (nSPS) is 12.0. The summed E-state index contributed by atoms with van der Waals surface area (Å²) in [6, 6.07) is 11.0. The molecular weight excluding hydrogens is 514 g/mol. The monoisotopic (exact) mass is 543 g/mol. The second kappa shape index (κ2) is 12.6. The number of carbonyl (C=O) groups excluding carboxylic acids is 2. The van der Waals surface area contributed by atoms with Gasteiger partial charge in [0.15, 0.2) is 4.80 Å². The Hall–Kier alpha value is -3.54. The van der Waals surface area contributed by atoms with E-state index in [9.17, 15) is 18.0 Å². The van der Waals surface area contributed by atoms with Gasteiger partial charge in [-0.15, -0.1) is 13.2 Å². The molecule has 0 aliphatic rings. The van der Waals surface area contributed by atoms with Gasteiger partial charge in [0, 0.05) is 18.7 Å². The number of sulfonamides is 1. The number of fused-ring (bicyclic) bond motifs is 1. The van der Waals surface area contributed by atoms with Gasteiger partial charge in [-0.1, -0.05) is 23.5 Å². The molecule has 0 spiro atoms. The van der Waals surface area contributed by atoms with E-state index in [-0.39, 0.29) is 36.7 Å². The molecular formula is C26H29N3O6S2. The largest absolute Gasteiger partial charge is 0.494 e. The van der Waals surface area contributed by atoms with Crippen molar-refractivity contribution in [1.29, 1.82) is 0 Å². The van der Waals surface area contributed by atoms with Crippen molar-refractivity contribution in [2.75, 3.05) is 26.3 Å².